The van der Waals surface area contributed by atoms with Gasteiger partial charge in [-0.3, -0.25) is 4.98 Å². The van der Waals surface area contributed by atoms with Crippen molar-refractivity contribution in [2.75, 3.05) is 11.9 Å². The molecule has 3 rings (SSSR count). The summed E-state index contributed by atoms with van der Waals surface area (Å²) in [6.45, 7) is 7.17. The Balaban J connectivity index is 1.81. The van der Waals surface area contributed by atoms with Crippen LogP contribution in [0.1, 0.15) is 23.9 Å². The summed E-state index contributed by atoms with van der Waals surface area (Å²) in [5.41, 5.74) is 4.31. The number of hydrogen-bond acceptors (Lipinski definition) is 5. The lowest BCUT2D eigenvalue weighted by Crippen LogP contribution is -2.08. The molecule has 0 aliphatic carbocycles. The summed E-state index contributed by atoms with van der Waals surface area (Å²) >= 11 is 0. The van der Waals surface area contributed by atoms with Crippen LogP contribution in [-0.2, 0) is 6.54 Å². The molecule has 0 aliphatic rings. The quantitative estimate of drug-likeness (QED) is 0.754. The van der Waals surface area contributed by atoms with Crippen molar-refractivity contribution in [2.24, 2.45) is 0 Å². The lowest BCUT2D eigenvalue weighted by atomic mass is 10.1. The van der Waals surface area contributed by atoms with Gasteiger partial charge in [0.15, 0.2) is 0 Å². The maximum atomic E-state index is 5.38. The van der Waals surface area contributed by atoms with Gasteiger partial charge in [-0.2, -0.15) is 10.1 Å². The number of nitrogens with zero attached hydrogens (tertiary/aromatic N) is 4. The molecule has 0 bridgehead atoms. The standard InChI is InChI=1S/C18H21N5O/c1-4-24-18-12-19-11-17(21-18)20-10-15-7-5-6-8-16(15)23-14(3)9-13(2)22-23/h5-9,11-12H,4,10H2,1-3H3,(H,20,21). The average Bonchev–Trinajstić information content (AvgIpc) is 2.92. The molecule has 2 heterocycles. The monoisotopic (exact) mass is 323 g/mol. The van der Waals surface area contributed by atoms with Crippen molar-refractivity contribution < 1.29 is 4.74 Å². The van der Waals surface area contributed by atoms with Gasteiger partial charge in [0.05, 0.1) is 30.4 Å². The first-order valence-corrected chi connectivity index (χ1v) is 7.97. The summed E-state index contributed by atoms with van der Waals surface area (Å²) in [5, 5.41) is 7.88. The Kier molecular flexibility index (Phi) is 4.74. The second-order valence-corrected chi connectivity index (χ2v) is 5.50. The molecule has 3 aromatic rings. The highest BCUT2D eigenvalue weighted by Gasteiger charge is 2.09. The summed E-state index contributed by atoms with van der Waals surface area (Å²) in [6.07, 6.45) is 3.30. The number of aromatic nitrogens is 4. The third kappa shape index (κ3) is 3.53. The fourth-order valence-corrected chi connectivity index (χ4v) is 2.58. The molecule has 1 aromatic carbocycles. The number of hydrogen-bond donors (Lipinski definition) is 1. The van der Waals surface area contributed by atoms with Crippen LogP contribution in [-0.4, -0.2) is 26.4 Å². The van der Waals surface area contributed by atoms with Gasteiger partial charge >= 0.3 is 0 Å². The highest BCUT2D eigenvalue weighted by atomic mass is 16.5. The van der Waals surface area contributed by atoms with Gasteiger partial charge in [0.25, 0.3) is 0 Å². The van der Waals surface area contributed by atoms with Gasteiger partial charge in [-0.05, 0) is 38.5 Å². The van der Waals surface area contributed by atoms with Gasteiger partial charge in [0, 0.05) is 12.2 Å². The van der Waals surface area contributed by atoms with E-state index in [0.29, 0.717) is 24.8 Å². The van der Waals surface area contributed by atoms with Gasteiger partial charge in [-0.15, -0.1) is 0 Å². The summed E-state index contributed by atoms with van der Waals surface area (Å²) in [6, 6.07) is 10.3. The van der Waals surface area contributed by atoms with Crippen LogP contribution >= 0.6 is 0 Å². The second kappa shape index (κ2) is 7.12. The third-order valence-corrected chi connectivity index (χ3v) is 3.59. The number of para-hydroxylation sites is 1. The Labute approximate surface area is 141 Å². The lowest BCUT2D eigenvalue weighted by Gasteiger charge is -2.12. The molecule has 0 spiro atoms. The predicted octanol–water partition coefficient (Wildman–Crippen LogP) is 3.29. The zero-order valence-electron chi connectivity index (χ0n) is 14.2. The Morgan fingerprint density at radius 2 is 2.00 bits per heavy atom. The highest BCUT2D eigenvalue weighted by molar-refractivity contribution is 5.44. The molecular weight excluding hydrogens is 302 g/mol. The molecule has 124 valence electrons. The topological polar surface area (TPSA) is 64.9 Å². The van der Waals surface area contributed by atoms with Crippen LogP contribution < -0.4 is 10.1 Å². The van der Waals surface area contributed by atoms with E-state index < -0.39 is 0 Å². The molecule has 6 heteroatoms. The molecule has 0 saturated carbocycles. The summed E-state index contributed by atoms with van der Waals surface area (Å²) in [4.78, 5) is 8.53. The van der Waals surface area contributed by atoms with E-state index >= 15 is 0 Å². The van der Waals surface area contributed by atoms with Crippen molar-refractivity contribution in [1.29, 1.82) is 0 Å². The number of aryl methyl sites for hydroxylation is 2. The Hall–Kier alpha value is -2.89. The number of anilines is 1. The second-order valence-electron chi connectivity index (χ2n) is 5.50. The summed E-state index contributed by atoms with van der Waals surface area (Å²) in [5.74, 6) is 1.21. The van der Waals surface area contributed by atoms with Crippen molar-refractivity contribution in [2.45, 2.75) is 27.3 Å². The van der Waals surface area contributed by atoms with Gasteiger partial charge in [0.1, 0.15) is 5.82 Å². The Morgan fingerprint density at radius 3 is 2.75 bits per heavy atom. The Bertz CT molecular complexity index is 828. The highest BCUT2D eigenvalue weighted by Crippen LogP contribution is 2.18. The maximum absolute atomic E-state index is 5.38. The first-order chi connectivity index (χ1) is 11.7. The van der Waals surface area contributed by atoms with E-state index in [2.05, 4.69) is 45.5 Å². The van der Waals surface area contributed by atoms with Crippen molar-refractivity contribution in [3.63, 3.8) is 0 Å². The Morgan fingerprint density at radius 1 is 1.17 bits per heavy atom. The van der Waals surface area contributed by atoms with Crippen LogP contribution in [0.25, 0.3) is 5.69 Å². The van der Waals surface area contributed by atoms with E-state index in [9.17, 15) is 0 Å². The maximum Gasteiger partial charge on any atom is 0.234 e. The smallest absolute Gasteiger partial charge is 0.234 e. The first-order valence-electron chi connectivity index (χ1n) is 7.97. The van der Waals surface area contributed by atoms with E-state index in [0.717, 1.165) is 22.6 Å². The van der Waals surface area contributed by atoms with E-state index in [-0.39, 0.29) is 0 Å². The van der Waals surface area contributed by atoms with Gasteiger partial charge < -0.3 is 10.1 Å². The molecular formula is C18H21N5O. The van der Waals surface area contributed by atoms with Gasteiger partial charge in [-0.25, -0.2) is 4.68 Å². The van der Waals surface area contributed by atoms with Crippen LogP contribution in [0.5, 0.6) is 5.88 Å². The van der Waals surface area contributed by atoms with Crippen molar-refractivity contribution >= 4 is 5.82 Å². The fraction of sp³-hybridized carbons (Fsp3) is 0.278. The van der Waals surface area contributed by atoms with Crippen LogP contribution in [0.15, 0.2) is 42.7 Å². The molecule has 0 amide bonds. The van der Waals surface area contributed by atoms with Crippen LogP contribution in [0.2, 0.25) is 0 Å². The zero-order chi connectivity index (χ0) is 16.9. The minimum Gasteiger partial charge on any atom is -0.477 e. The first kappa shape index (κ1) is 16.0. The summed E-state index contributed by atoms with van der Waals surface area (Å²) in [7, 11) is 0. The van der Waals surface area contributed by atoms with Crippen LogP contribution in [0, 0.1) is 13.8 Å². The molecule has 1 N–H and O–H groups in total. The normalized spacial score (nSPS) is 10.6. The number of rotatable bonds is 6. The largest absolute Gasteiger partial charge is 0.477 e. The minimum absolute atomic E-state index is 0.523. The molecule has 6 nitrogen and oxygen atoms in total. The predicted molar refractivity (Wildman–Crippen MR) is 93.6 cm³/mol. The zero-order valence-corrected chi connectivity index (χ0v) is 14.2. The van der Waals surface area contributed by atoms with Gasteiger partial charge in [0.2, 0.25) is 5.88 Å². The van der Waals surface area contributed by atoms with Crippen LogP contribution in [0.3, 0.4) is 0 Å². The minimum atomic E-state index is 0.523. The number of ether oxygens (including phenoxy) is 1. The lowest BCUT2D eigenvalue weighted by molar-refractivity contribution is 0.325. The van der Waals surface area contributed by atoms with Crippen molar-refractivity contribution in [3.05, 3.63) is 59.7 Å². The van der Waals surface area contributed by atoms with E-state index in [1.54, 1.807) is 12.4 Å². The van der Waals surface area contributed by atoms with Crippen LogP contribution in [0.4, 0.5) is 5.82 Å². The fourth-order valence-electron chi connectivity index (χ4n) is 2.58. The molecule has 0 unspecified atom stereocenters. The van der Waals surface area contributed by atoms with Crippen molar-refractivity contribution in [3.8, 4) is 11.6 Å². The number of benzene rings is 1. The molecule has 24 heavy (non-hydrogen) atoms. The van der Waals surface area contributed by atoms with E-state index in [1.165, 1.54) is 0 Å². The van der Waals surface area contributed by atoms with Gasteiger partial charge in [-0.1, -0.05) is 18.2 Å². The molecule has 0 radical (unpaired) electrons. The molecule has 0 saturated heterocycles. The molecule has 0 atom stereocenters. The van der Waals surface area contributed by atoms with E-state index in [1.807, 2.05) is 30.7 Å². The summed E-state index contributed by atoms with van der Waals surface area (Å²) < 4.78 is 7.35. The SMILES string of the molecule is CCOc1cncc(NCc2ccccc2-n2nc(C)cc2C)n1. The molecule has 0 aliphatic heterocycles. The van der Waals surface area contributed by atoms with Crippen molar-refractivity contribution in [1.82, 2.24) is 19.7 Å². The van der Waals surface area contributed by atoms with E-state index in [4.69, 9.17) is 4.74 Å². The molecule has 0 fully saturated rings. The third-order valence-electron chi connectivity index (χ3n) is 3.59. The number of nitrogens with one attached hydrogen (secondary N) is 1. The molecule has 2 aromatic heterocycles. The average molecular weight is 323 g/mol.